The van der Waals surface area contributed by atoms with Crippen molar-refractivity contribution < 1.29 is 4.79 Å². The Morgan fingerprint density at radius 2 is 2.18 bits per heavy atom. The van der Waals surface area contributed by atoms with E-state index in [1.165, 1.54) is 32.1 Å². The average molecular weight is 236 g/mol. The third-order valence-electron chi connectivity index (χ3n) is 5.14. The number of carbonyl (C=O) groups is 1. The molecular weight excluding hydrogens is 212 g/mol. The maximum atomic E-state index is 12.6. The van der Waals surface area contributed by atoms with Crippen LogP contribution in [-0.2, 0) is 4.79 Å². The molecule has 2 aliphatic heterocycles. The molecule has 4 unspecified atom stereocenters. The summed E-state index contributed by atoms with van der Waals surface area (Å²) in [5.74, 6) is 1.83. The second-order valence-electron chi connectivity index (χ2n) is 5.98. The van der Waals surface area contributed by atoms with Gasteiger partial charge in [0.25, 0.3) is 0 Å². The van der Waals surface area contributed by atoms with Gasteiger partial charge in [0.05, 0.1) is 6.04 Å². The smallest absolute Gasteiger partial charge is 0.240 e. The maximum absolute atomic E-state index is 12.6. The van der Waals surface area contributed by atoms with Gasteiger partial charge >= 0.3 is 0 Å². The largest absolute Gasteiger partial charge is 0.338 e. The summed E-state index contributed by atoms with van der Waals surface area (Å²) >= 11 is 0. The first-order chi connectivity index (χ1) is 8.31. The van der Waals surface area contributed by atoms with Crippen LogP contribution in [0.5, 0.6) is 0 Å². The van der Waals surface area contributed by atoms with Crippen molar-refractivity contribution in [3.63, 3.8) is 0 Å². The molecule has 4 atom stereocenters. The predicted molar refractivity (Wildman–Crippen MR) is 67.6 cm³/mol. The number of amides is 1. The van der Waals surface area contributed by atoms with Gasteiger partial charge in [0, 0.05) is 12.6 Å². The first-order valence-electron chi connectivity index (χ1n) is 7.35. The Kier molecular flexibility index (Phi) is 3.12. The minimum Gasteiger partial charge on any atom is -0.338 e. The normalized spacial score (nSPS) is 40.9. The number of hydrogen-bond acceptors (Lipinski definition) is 2. The summed E-state index contributed by atoms with van der Waals surface area (Å²) < 4.78 is 0. The minimum absolute atomic E-state index is 0.148. The first-order valence-corrected chi connectivity index (χ1v) is 7.35. The summed E-state index contributed by atoms with van der Waals surface area (Å²) in [5.41, 5.74) is 0. The lowest BCUT2D eigenvalue weighted by Crippen LogP contribution is -2.48. The number of nitrogens with one attached hydrogen (secondary N) is 1. The van der Waals surface area contributed by atoms with Crippen molar-refractivity contribution in [1.82, 2.24) is 10.2 Å². The van der Waals surface area contributed by atoms with Crippen LogP contribution in [0.1, 0.15) is 45.4 Å². The molecular formula is C14H24N2O. The van der Waals surface area contributed by atoms with Crippen molar-refractivity contribution in [2.24, 2.45) is 11.8 Å². The Hall–Kier alpha value is -0.570. The van der Waals surface area contributed by atoms with Crippen molar-refractivity contribution in [3.05, 3.63) is 0 Å². The molecule has 1 aliphatic carbocycles. The number of rotatable bonds is 2. The summed E-state index contributed by atoms with van der Waals surface area (Å²) in [6, 6.07) is 0.666. The fourth-order valence-corrected chi connectivity index (χ4v) is 4.19. The van der Waals surface area contributed by atoms with Gasteiger partial charge in [0.15, 0.2) is 0 Å². The van der Waals surface area contributed by atoms with Crippen LogP contribution < -0.4 is 5.32 Å². The first kappa shape index (κ1) is 11.5. The van der Waals surface area contributed by atoms with Crippen molar-refractivity contribution in [3.8, 4) is 0 Å². The molecule has 2 saturated heterocycles. The summed E-state index contributed by atoms with van der Waals surface area (Å²) in [6.07, 6.45) is 7.45. The molecule has 3 aliphatic rings. The lowest BCUT2D eigenvalue weighted by Gasteiger charge is -2.29. The van der Waals surface area contributed by atoms with Gasteiger partial charge in [-0.3, -0.25) is 4.79 Å². The highest BCUT2D eigenvalue weighted by Crippen LogP contribution is 2.38. The van der Waals surface area contributed by atoms with E-state index in [4.69, 9.17) is 0 Å². The number of carbonyl (C=O) groups excluding carboxylic acids is 1. The molecule has 3 heteroatoms. The van der Waals surface area contributed by atoms with Gasteiger partial charge in [-0.1, -0.05) is 13.3 Å². The fraction of sp³-hybridized carbons (Fsp3) is 0.929. The molecule has 3 rings (SSSR count). The molecule has 0 aromatic carbocycles. The molecule has 1 N–H and O–H groups in total. The zero-order valence-corrected chi connectivity index (χ0v) is 10.8. The van der Waals surface area contributed by atoms with E-state index in [1.54, 1.807) is 0 Å². The van der Waals surface area contributed by atoms with E-state index in [2.05, 4.69) is 17.1 Å². The molecule has 0 radical (unpaired) electrons. The summed E-state index contributed by atoms with van der Waals surface area (Å²) in [7, 11) is 0. The van der Waals surface area contributed by atoms with Gasteiger partial charge in [0.2, 0.25) is 5.91 Å². The molecule has 3 fully saturated rings. The van der Waals surface area contributed by atoms with Crippen LogP contribution >= 0.6 is 0 Å². The van der Waals surface area contributed by atoms with E-state index in [0.29, 0.717) is 17.9 Å². The highest BCUT2D eigenvalue weighted by atomic mass is 16.2. The van der Waals surface area contributed by atoms with Gasteiger partial charge in [-0.15, -0.1) is 0 Å². The zero-order chi connectivity index (χ0) is 11.8. The van der Waals surface area contributed by atoms with Gasteiger partial charge in [0.1, 0.15) is 0 Å². The number of nitrogens with zero attached hydrogens (tertiary/aromatic N) is 1. The third kappa shape index (κ3) is 1.88. The average Bonchev–Trinajstić information content (AvgIpc) is 3.03. The molecule has 2 heterocycles. The highest BCUT2D eigenvalue weighted by Gasteiger charge is 2.45. The molecule has 1 saturated carbocycles. The van der Waals surface area contributed by atoms with Crippen LogP contribution in [-0.4, -0.2) is 36.0 Å². The van der Waals surface area contributed by atoms with Crippen molar-refractivity contribution in [2.45, 2.75) is 57.5 Å². The van der Waals surface area contributed by atoms with Crippen molar-refractivity contribution in [2.75, 3.05) is 13.1 Å². The van der Waals surface area contributed by atoms with Crippen LogP contribution in [0.25, 0.3) is 0 Å². The second-order valence-corrected chi connectivity index (χ2v) is 5.98. The number of likely N-dealkylation sites (tertiary alicyclic amines) is 1. The molecule has 0 aromatic rings. The molecule has 0 aromatic heterocycles. The van der Waals surface area contributed by atoms with E-state index >= 15 is 0 Å². The number of fused-ring (bicyclic) bond motifs is 1. The van der Waals surface area contributed by atoms with Crippen molar-refractivity contribution in [1.29, 1.82) is 0 Å². The Labute approximate surface area is 104 Å². The summed E-state index contributed by atoms with van der Waals surface area (Å²) in [5, 5.41) is 3.49. The third-order valence-corrected chi connectivity index (χ3v) is 5.14. The maximum Gasteiger partial charge on any atom is 0.240 e. The lowest BCUT2D eigenvalue weighted by atomic mass is 9.93. The van der Waals surface area contributed by atoms with Crippen molar-refractivity contribution >= 4 is 5.91 Å². The molecule has 0 bridgehead atoms. The molecule has 3 nitrogen and oxygen atoms in total. The van der Waals surface area contributed by atoms with Gasteiger partial charge in [-0.05, 0) is 50.5 Å². The number of hydrogen-bond donors (Lipinski definition) is 1. The van der Waals surface area contributed by atoms with Crippen LogP contribution in [0.15, 0.2) is 0 Å². The molecule has 0 spiro atoms. The van der Waals surface area contributed by atoms with E-state index in [1.807, 2.05) is 0 Å². The van der Waals surface area contributed by atoms with E-state index < -0.39 is 0 Å². The Balaban J connectivity index is 1.69. The van der Waals surface area contributed by atoms with Crippen LogP contribution in [0.4, 0.5) is 0 Å². The minimum atomic E-state index is 0.148. The standard InChI is InChI=1S/C14H24N2O/c1-2-11-6-4-8-16(11)14(17)13-12-7-3-5-10(12)9-15-13/h10-13,15H,2-9H2,1H3. The van der Waals surface area contributed by atoms with Gasteiger partial charge < -0.3 is 10.2 Å². The highest BCUT2D eigenvalue weighted by molar-refractivity contribution is 5.83. The van der Waals surface area contributed by atoms with Crippen LogP contribution in [0.2, 0.25) is 0 Å². The van der Waals surface area contributed by atoms with E-state index in [-0.39, 0.29) is 6.04 Å². The predicted octanol–water partition coefficient (Wildman–Crippen LogP) is 1.78. The Bertz CT molecular complexity index is 305. The van der Waals surface area contributed by atoms with Crippen LogP contribution in [0.3, 0.4) is 0 Å². The van der Waals surface area contributed by atoms with Gasteiger partial charge in [-0.25, -0.2) is 0 Å². The van der Waals surface area contributed by atoms with Crippen LogP contribution in [0, 0.1) is 11.8 Å². The van der Waals surface area contributed by atoms with E-state index in [9.17, 15) is 4.79 Å². The Morgan fingerprint density at radius 3 is 3.00 bits per heavy atom. The molecule has 1 amide bonds. The fourth-order valence-electron chi connectivity index (χ4n) is 4.19. The summed E-state index contributed by atoms with van der Waals surface area (Å²) in [6.45, 7) is 4.27. The quantitative estimate of drug-likeness (QED) is 0.792. The molecule has 96 valence electrons. The SMILES string of the molecule is CCC1CCCN1C(=O)C1NCC2CCCC21. The summed E-state index contributed by atoms with van der Waals surface area (Å²) in [4.78, 5) is 14.8. The lowest BCUT2D eigenvalue weighted by molar-refractivity contribution is -0.135. The Morgan fingerprint density at radius 1 is 1.29 bits per heavy atom. The molecule has 17 heavy (non-hydrogen) atoms. The second kappa shape index (κ2) is 4.60. The topological polar surface area (TPSA) is 32.3 Å². The van der Waals surface area contributed by atoms with E-state index in [0.717, 1.165) is 25.4 Å². The van der Waals surface area contributed by atoms with Gasteiger partial charge in [-0.2, -0.15) is 0 Å². The monoisotopic (exact) mass is 236 g/mol. The zero-order valence-electron chi connectivity index (χ0n) is 10.8.